The number of esters is 2. The number of ether oxygens (including phenoxy) is 3. The zero-order valence-corrected chi connectivity index (χ0v) is 15.4. The summed E-state index contributed by atoms with van der Waals surface area (Å²) in [6.07, 6.45) is -0.182. The highest BCUT2D eigenvalue weighted by Crippen LogP contribution is 2.26. The maximum absolute atomic E-state index is 12.2. The third-order valence-corrected chi connectivity index (χ3v) is 3.90. The number of hydrogen-bond donors (Lipinski definition) is 2. The molecule has 0 unspecified atom stereocenters. The average Bonchev–Trinajstić information content (AvgIpc) is 2.71. The van der Waals surface area contributed by atoms with Gasteiger partial charge in [-0.05, 0) is 24.3 Å². The van der Waals surface area contributed by atoms with Crippen LogP contribution in [0.2, 0.25) is 0 Å². The molecule has 1 aromatic rings. The van der Waals surface area contributed by atoms with Gasteiger partial charge in [0.05, 0.1) is 32.8 Å². The van der Waals surface area contributed by atoms with Gasteiger partial charge >= 0.3 is 17.9 Å². The largest absolute Gasteiger partial charge is 0.481 e. The molecular formula is C18H20N2O8. The first kappa shape index (κ1) is 20.9. The van der Waals surface area contributed by atoms with Gasteiger partial charge in [-0.25, -0.2) is 9.59 Å². The molecule has 0 aromatic heterocycles. The van der Waals surface area contributed by atoms with Gasteiger partial charge in [-0.1, -0.05) is 0 Å². The fourth-order valence-electron chi connectivity index (χ4n) is 2.53. The fraction of sp³-hybridized carbons (Fsp3) is 0.333. The summed E-state index contributed by atoms with van der Waals surface area (Å²) in [7, 11) is 2.39. The van der Waals surface area contributed by atoms with E-state index in [0.717, 1.165) is 0 Å². The van der Waals surface area contributed by atoms with Gasteiger partial charge in [0.2, 0.25) is 0 Å². The van der Waals surface area contributed by atoms with Gasteiger partial charge in [-0.3, -0.25) is 9.59 Å². The van der Waals surface area contributed by atoms with Crippen molar-refractivity contribution in [2.75, 3.05) is 39.0 Å². The topological polar surface area (TPSA) is 131 Å². The van der Waals surface area contributed by atoms with Crippen LogP contribution in [0.1, 0.15) is 16.8 Å². The third-order valence-electron chi connectivity index (χ3n) is 3.90. The van der Waals surface area contributed by atoms with Crippen molar-refractivity contribution in [2.45, 2.75) is 6.42 Å². The summed E-state index contributed by atoms with van der Waals surface area (Å²) in [6.45, 7) is -0.0969. The van der Waals surface area contributed by atoms with Gasteiger partial charge in [0.25, 0.3) is 5.91 Å². The number of carbonyl (C=O) groups excluding carboxylic acids is 3. The number of anilines is 1. The van der Waals surface area contributed by atoms with Crippen LogP contribution in [-0.4, -0.2) is 63.0 Å². The molecule has 1 aromatic carbocycles. The second-order valence-electron chi connectivity index (χ2n) is 5.66. The lowest BCUT2D eigenvalue weighted by Crippen LogP contribution is -2.38. The molecule has 0 bridgehead atoms. The maximum Gasteiger partial charge on any atom is 0.355 e. The Morgan fingerprint density at radius 1 is 1.11 bits per heavy atom. The van der Waals surface area contributed by atoms with Gasteiger partial charge in [0, 0.05) is 17.8 Å². The fourth-order valence-corrected chi connectivity index (χ4v) is 2.53. The van der Waals surface area contributed by atoms with Crippen LogP contribution in [-0.2, 0) is 28.6 Å². The van der Waals surface area contributed by atoms with Crippen LogP contribution in [0.3, 0.4) is 0 Å². The van der Waals surface area contributed by atoms with Crippen LogP contribution in [0.15, 0.2) is 35.5 Å². The number of rotatable bonds is 7. The summed E-state index contributed by atoms with van der Waals surface area (Å²) >= 11 is 0. The summed E-state index contributed by atoms with van der Waals surface area (Å²) in [5, 5.41) is 11.1. The molecule has 28 heavy (non-hydrogen) atoms. The van der Waals surface area contributed by atoms with Crippen molar-refractivity contribution in [1.29, 1.82) is 0 Å². The highest BCUT2D eigenvalue weighted by molar-refractivity contribution is 6.03. The van der Waals surface area contributed by atoms with Gasteiger partial charge in [0.15, 0.2) is 0 Å². The number of carboxylic acids is 1. The zero-order valence-electron chi connectivity index (χ0n) is 15.4. The van der Waals surface area contributed by atoms with Crippen LogP contribution in [0.5, 0.6) is 0 Å². The summed E-state index contributed by atoms with van der Waals surface area (Å²) < 4.78 is 14.9. The highest BCUT2D eigenvalue weighted by Gasteiger charge is 2.32. The first-order valence-electron chi connectivity index (χ1n) is 8.24. The van der Waals surface area contributed by atoms with E-state index in [2.05, 4.69) is 5.32 Å². The van der Waals surface area contributed by atoms with E-state index < -0.39 is 23.8 Å². The zero-order chi connectivity index (χ0) is 20.7. The van der Waals surface area contributed by atoms with Gasteiger partial charge in [-0.15, -0.1) is 0 Å². The Hall–Kier alpha value is -3.40. The Morgan fingerprint density at radius 3 is 2.32 bits per heavy atom. The number of carbonyl (C=O) groups is 4. The molecule has 1 heterocycles. The summed E-state index contributed by atoms with van der Waals surface area (Å²) in [5.41, 5.74) is 0.822. The number of methoxy groups -OCH3 is 2. The lowest BCUT2D eigenvalue weighted by atomic mass is 10.1. The Balaban J connectivity index is 2.25. The minimum absolute atomic E-state index is 0.000685. The van der Waals surface area contributed by atoms with Crippen LogP contribution < -0.4 is 10.2 Å². The first-order valence-corrected chi connectivity index (χ1v) is 8.24. The Morgan fingerprint density at radius 2 is 1.75 bits per heavy atom. The smallest absolute Gasteiger partial charge is 0.355 e. The molecule has 0 spiro atoms. The SMILES string of the molecule is COC(=O)C1=C(C(=O)OC)N(c2ccc(C(=O)NCCC(=O)O)cc2)COC1. The van der Waals surface area contributed by atoms with Crippen molar-refractivity contribution < 1.29 is 38.5 Å². The van der Waals surface area contributed by atoms with Gasteiger partial charge in [0.1, 0.15) is 12.4 Å². The second-order valence-corrected chi connectivity index (χ2v) is 5.66. The maximum atomic E-state index is 12.2. The predicted molar refractivity (Wildman–Crippen MR) is 95.4 cm³/mol. The average molecular weight is 392 g/mol. The first-order chi connectivity index (χ1) is 13.4. The molecule has 0 saturated heterocycles. The summed E-state index contributed by atoms with van der Waals surface area (Å²) in [4.78, 5) is 48.2. The minimum atomic E-state index is -1.01. The Bertz CT molecular complexity index is 800. The Kier molecular flexibility index (Phi) is 7.10. The van der Waals surface area contributed by atoms with E-state index in [4.69, 9.17) is 19.3 Å². The van der Waals surface area contributed by atoms with Crippen LogP contribution in [0.4, 0.5) is 5.69 Å². The van der Waals surface area contributed by atoms with E-state index in [1.807, 2.05) is 0 Å². The number of aliphatic carboxylic acids is 1. The van der Waals surface area contributed by atoms with Crippen LogP contribution in [0.25, 0.3) is 0 Å². The number of hydrogen-bond acceptors (Lipinski definition) is 8. The van der Waals surface area contributed by atoms with E-state index in [1.54, 1.807) is 12.1 Å². The van der Waals surface area contributed by atoms with E-state index in [1.165, 1.54) is 31.3 Å². The normalized spacial score (nSPS) is 13.7. The molecule has 2 N–H and O–H groups in total. The number of nitrogens with one attached hydrogen (secondary N) is 1. The second kappa shape index (κ2) is 9.51. The van der Waals surface area contributed by atoms with Crippen molar-refractivity contribution in [3.05, 3.63) is 41.1 Å². The standard InChI is InChI=1S/C18H20N2O8/c1-26-17(24)13-9-28-10-20(15(13)18(25)27-2)12-5-3-11(4-6-12)16(23)19-8-7-14(21)22/h3-6H,7-10H2,1-2H3,(H,19,23)(H,21,22). The van der Waals surface area contributed by atoms with E-state index in [-0.39, 0.29) is 37.6 Å². The summed E-state index contributed by atoms with van der Waals surface area (Å²) in [6, 6.07) is 6.15. The molecule has 10 nitrogen and oxygen atoms in total. The van der Waals surface area contributed by atoms with Crippen molar-refractivity contribution in [3.8, 4) is 0 Å². The lowest BCUT2D eigenvalue weighted by Gasteiger charge is -2.31. The molecule has 0 radical (unpaired) electrons. The molecule has 1 aliphatic rings. The molecule has 0 aliphatic carbocycles. The highest BCUT2D eigenvalue weighted by atomic mass is 16.5. The quantitative estimate of drug-likeness (QED) is 0.628. The molecule has 0 saturated carbocycles. The summed E-state index contributed by atoms with van der Waals surface area (Å²) in [5.74, 6) is -2.87. The number of nitrogens with zero attached hydrogens (tertiary/aromatic N) is 1. The molecule has 0 fully saturated rings. The molecule has 1 amide bonds. The van der Waals surface area contributed by atoms with E-state index >= 15 is 0 Å². The van der Waals surface area contributed by atoms with Crippen molar-refractivity contribution in [1.82, 2.24) is 5.32 Å². The van der Waals surface area contributed by atoms with Crippen LogP contribution >= 0.6 is 0 Å². The molecule has 0 atom stereocenters. The van der Waals surface area contributed by atoms with Crippen molar-refractivity contribution >= 4 is 29.5 Å². The lowest BCUT2D eigenvalue weighted by molar-refractivity contribution is -0.140. The molecule has 2 rings (SSSR count). The molecule has 1 aliphatic heterocycles. The van der Waals surface area contributed by atoms with Gasteiger partial charge < -0.3 is 29.5 Å². The van der Waals surface area contributed by atoms with Crippen molar-refractivity contribution in [2.24, 2.45) is 0 Å². The molecule has 150 valence electrons. The Labute approximate surface area is 160 Å². The number of amides is 1. The molecule has 10 heteroatoms. The third kappa shape index (κ3) is 4.86. The minimum Gasteiger partial charge on any atom is -0.481 e. The number of benzene rings is 1. The van der Waals surface area contributed by atoms with Crippen molar-refractivity contribution in [3.63, 3.8) is 0 Å². The monoisotopic (exact) mass is 392 g/mol. The predicted octanol–water partition coefficient (Wildman–Crippen LogP) is 0.285. The van der Waals surface area contributed by atoms with Gasteiger partial charge in [-0.2, -0.15) is 0 Å². The van der Waals surface area contributed by atoms with Crippen LogP contribution in [0, 0.1) is 0 Å². The van der Waals surface area contributed by atoms with E-state index in [9.17, 15) is 19.2 Å². The van der Waals surface area contributed by atoms with E-state index in [0.29, 0.717) is 11.3 Å². The molecular weight excluding hydrogens is 372 g/mol. The number of carboxylic acid groups (broad SMARTS) is 1.